The van der Waals surface area contributed by atoms with Crippen molar-refractivity contribution in [3.63, 3.8) is 0 Å². The first kappa shape index (κ1) is 23.8. The lowest BCUT2D eigenvalue weighted by Crippen LogP contribution is -2.19. The smallest absolute Gasteiger partial charge is 0.250 e. The molecule has 2 heterocycles. The van der Waals surface area contributed by atoms with E-state index >= 15 is 0 Å². The second kappa shape index (κ2) is 17.7. The number of amides is 4. The number of carbonyl (C=O) groups is 4. The predicted octanol–water partition coefficient (Wildman–Crippen LogP) is 0.996. The van der Waals surface area contributed by atoms with Crippen LogP contribution in [0.4, 0.5) is 0 Å². The summed E-state index contributed by atoms with van der Waals surface area (Å²) >= 11 is 0. The van der Waals surface area contributed by atoms with Crippen LogP contribution in [0.2, 0.25) is 0 Å². The minimum Gasteiger partial charge on any atom is -0.373 e. The van der Waals surface area contributed by atoms with Crippen LogP contribution in [0.5, 0.6) is 0 Å². The summed E-state index contributed by atoms with van der Waals surface area (Å²) in [5.41, 5.74) is 40.5. The minimum absolute atomic E-state index is 0.329. The molecule has 15 heteroatoms. The van der Waals surface area contributed by atoms with Gasteiger partial charge in [-0.25, -0.2) is 0 Å². The van der Waals surface area contributed by atoms with Crippen LogP contribution in [0.3, 0.4) is 0 Å². The molecular formula is C8H6N11O4-3. The normalized spacial score (nSPS) is 11.8. The fraction of sp³-hybridized carbons (Fsp3) is 0. The number of hydrogen-bond acceptors (Lipinski definition) is 4. The van der Waals surface area contributed by atoms with E-state index in [2.05, 4.69) is 0 Å². The lowest BCUT2D eigenvalue weighted by Gasteiger charge is -1.80. The van der Waals surface area contributed by atoms with Crippen LogP contribution in [-0.2, 0) is 19.2 Å². The van der Waals surface area contributed by atoms with Gasteiger partial charge < -0.3 is 33.2 Å². The van der Waals surface area contributed by atoms with Crippen molar-refractivity contribution in [2.24, 2.45) is 0 Å². The number of carbonyl (C=O) groups excluding carboxylic acids is 4. The predicted molar refractivity (Wildman–Crippen MR) is 74.8 cm³/mol. The maximum Gasteiger partial charge on any atom is 0.250 e. The number of nitrogens with one attached hydrogen (secondary N) is 2. The maximum absolute atomic E-state index is 10.0. The van der Waals surface area contributed by atoms with Crippen LogP contribution >= 0.6 is 0 Å². The monoisotopic (exact) mass is 320 g/mol. The van der Waals surface area contributed by atoms with E-state index in [0.717, 1.165) is 0 Å². The van der Waals surface area contributed by atoms with Gasteiger partial charge in [-0.1, -0.05) is 0 Å². The number of hydrogen-bond donors (Lipinski definition) is 2. The Morgan fingerprint density at radius 1 is 0.522 bits per heavy atom. The standard InChI is InChI=1S/2C4H3NO2.3N3/c2*6-3-1-2-4(7)5-3;3*1-3-2/h2*1-2H,(H,5,6,7);;;/q;;3*-1. The van der Waals surface area contributed by atoms with Gasteiger partial charge in [0.2, 0.25) is 0 Å². The van der Waals surface area contributed by atoms with Crippen molar-refractivity contribution in [3.05, 3.63) is 72.2 Å². The third-order valence-electron chi connectivity index (χ3n) is 1.26. The van der Waals surface area contributed by atoms with Crippen molar-refractivity contribution in [2.45, 2.75) is 0 Å². The molecule has 4 amide bonds. The van der Waals surface area contributed by atoms with Crippen LogP contribution in [0, 0.1) is 0 Å². The van der Waals surface area contributed by atoms with Gasteiger partial charge in [0.15, 0.2) is 0 Å². The van der Waals surface area contributed by atoms with Gasteiger partial charge >= 0.3 is 0 Å². The Balaban J connectivity index is -0.000000235. The molecule has 0 bridgehead atoms. The number of imide groups is 2. The molecule has 120 valence electrons. The van der Waals surface area contributed by atoms with Crippen molar-refractivity contribution in [2.75, 3.05) is 0 Å². The molecule has 0 saturated heterocycles. The Bertz CT molecular complexity index is 505. The molecule has 0 spiro atoms. The zero-order valence-corrected chi connectivity index (χ0v) is 11.0. The van der Waals surface area contributed by atoms with E-state index in [1.165, 1.54) is 39.0 Å². The molecule has 0 unspecified atom stereocenters. The lowest BCUT2D eigenvalue weighted by molar-refractivity contribution is -0.125. The molecule has 2 aliphatic rings. The Labute approximate surface area is 126 Å². The first-order chi connectivity index (χ1) is 10.8. The van der Waals surface area contributed by atoms with Crippen molar-refractivity contribution < 1.29 is 19.2 Å². The van der Waals surface area contributed by atoms with Crippen LogP contribution < -0.4 is 10.6 Å². The van der Waals surface area contributed by atoms with E-state index in [1.807, 2.05) is 10.6 Å². The second-order valence-corrected chi connectivity index (χ2v) is 2.64. The molecule has 2 N–H and O–H groups in total. The molecular weight excluding hydrogens is 314 g/mol. The minimum atomic E-state index is -0.329. The molecule has 15 nitrogen and oxygen atoms in total. The molecule has 0 aliphatic carbocycles. The van der Waals surface area contributed by atoms with Crippen molar-refractivity contribution in [1.82, 2.24) is 10.6 Å². The summed E-state index contributed by atoms with van der Waals surface area (Å²) in [6, 6.07) is 0. The summed E-state index contributed by atoms with van der Waals surface area (Å²) < 4.78 is 0. The summed E-state index contributed by atoms with van der Waals surface area (Å²) in [6.07, 6.45) is 4.79. The Hall–Kier alpha value is -4.31. The summed E-state index contributed by atoms with van der Waals surface area (Å²) in [7, 11) is 0. The van der Waals surface area contributed by atoms with Gasteiger partial charge in [-0.2, -0.15) is 0 Å². The number of rotatable bonds is 0. The molecule has 23 heavy (non-hydrogen) atoms. The second-order valence-electron chi connectivity index (χ2n) is 2.64. The highest BCUT2D eigenvalue weighted by Gasteiger charge is 2.07. The van der Waals surface area contributed by atoms with Crippen LogP contribution in [0.1, 0.15) is 0 Å². The Kier molecular flexibility index (Phi) is 18.3. The molecule has 2 rings (SSSR count). The van der Waals surface area contributed by atoms with Crippen molar-refractivity contribution in [3.8, 4) is 0 Å². The number of nitrogens with zero attached hydrogens (tertiary/aromatic N) is 9. The van der Waals surface area contributed by atoms with Gasteiger partial charge in [-0.15, -0.1) is 0 Å². The average molecular weight is 320 g/mol. The topological polar surface area (TPSA) is 268 Å². The molecule has 0 fully saturated rings. The molecule has 0 saturated carbocycles. The molecule has 0 aromatic carbocycles. The fourth-order valence-corrected chi connectivity index (χ4v) is 0.712. The van der Waals surface area contributed by atoms with E-state index in [-0.39, 0.29) is 23.6 Å². The third-order valence-corrected chi connectivity index (χ3v) is 1.26. The average Bonchev–Trinajstić information content (AvgIpc) is 3.01. The first-order valence-electron chi connectivity index (χ1n) is 4.84. The first-order valence-corrected chi connectivity index (χ1v) is 4.84. The summed E-state index contributed by atoms with van der Waals surface area (Å²) in [4.78, 5) is 44.6. The van der Waals surface area contributed by atoms with E-state index < -0.39 is 0 Å². The van der Waals surface area contributed by atoms with E-state index in [1.54, 1.807) is 0 Å². The van der Waals surface area contributed by atoms with Gasteiger partial charge in [0.25, 0.3) is 23.6 Å². The molecule has 2 aliphatic heterocycles. The van der Waals surface area contributed by atoms with Gasteiger partial charge in [-0.05, 0) is 0 Å². The SMILES string of the molecule is O=C1C=CC(=O)N1.O=C1C=CC(=O)N1.[N-]=[N+]=[N-].[N-]=[N+]=[N-].[N-]=[N+]=[N-]. The highest BCUT2D eigenvalue weighted by Crippen LogP contribution is 1.83. The Morgan fingerprint density at radius 3 is 0.696 bits per heavy atom. The summed E-state index contributed by atoms with van der Waals surface area (Å²) in [6.45, 7) is 0. The molecule has 0 aromatic rings. The largest absolute Gasteiger partial charge is 0.373 e. The van der Waals surface area contributed by atoms with Gasteiger partial charge in [0.05, 0.1) is 0 Å². The van der Waals surface area contributed by atoms with Crippen molar-refractivity contribution >= 4 is 23.6 Å². The van der Waals surface area contributed by atoms with Crippen LogP contribution in [-0.4, -0.2) is 23.6 Å². The summed E-state index contributed by atoms with van der Waals surface area (Å²) in [5.74, 6) is -1.31. The van der Waals surface area contributed by atoms with Crippen LogP contribution in [0.15, 0.2) is 24.3 Å². The molecule has 0 radical (unpaired) electrons. The molecule has 0 atom stereocenters. The quantitative estimate of drug-likeness (QED) is 0.285. The lowest BCUT2D eigenvalue weighted by atomic mass is 10.6. The zero-order chi connectivity index (χ0) is 18.7. The van der Waals surface area contributed by atoms with E-state index in [4.69, 9.17) is 33.2 Å². The fourth-order valence-electron chi connectivity index (χ4n) is 0.712. The van der Waals surface area contributed by atoms with E-state index in [0.29, 0.717) is 0 Å². The van der Waals surface area contributed by atoms with Crippen molar-refractivity contribution in [1.29, 1.82) is 0 Å². The highest BCUT2D eigenvalue weighted by molar-refractivity contribution is 6.13. The summed E-state index contributed by atoms with van der Waals surface area (Å²) in [5, 5.41) is 4.06. The van der Waals surface area contributed by atoms with E-state index in [9.17, 15) is 19.2 Å². The molecule has 0 aromatic heterocycles. The Morgan fingerprint density at radius 2 is 0.652 bits per heavy atom. The highest BCUT2D eigenvalue weighted by atomic mass is 16.2. The maximum atomic E-state index is 10.0. The van der Waals surface area contributed by atoms with Gasteiger partial charge in [0, 0.05) is 24.3 Å². The third kappa shape index (κ3) is 23.2. The van der Waals surface area contributed by atoms with Gasteiger partial charge in [0.1, 0.15) is 0 Å². The zero-order valence-electron chi connectivity index (χ0n) is 11.0. The van der Waals surface area contributed by atoms with Crippen LogP contribution in [0.25, 0.3) is 47.9 Å². The van der Waals surface area contributed by atoms with Gasteiger partial charge in [-0.3, -0.25) is 44.5 Å².